The number of carboxylic acids is 1. The Labute approximate surface area is 188 Å². The maximum Gasteiger partial charge on any atom is 0.425 e. The number of rotatable bonds is 6. The third-order valence-electron chi connectivity index (χ3n) is 6.53. The van der Waals surface area contributed by atoms with Gasteiger partial charge in [-0.15, -0.1) is 0 Å². The van der Waals surface area contributed by atoms with Gasteiger partial charge >= 0.3 is 18.2 Å². The zero-order valence-electron chi connectivity index (χ0n) is 18.2. The normalized spacial score (nSPS) is 20.2. The summed E-state index contributed by atoms with van der Waals surface area (Å²) in [5.74, 6) is -1.03. The zero-order chi connectivity index (χ0) is 24.4. The molecule has 2 aliphatic rings. The van der Waals surface area contributed by atoms with Gasteiger partial charge in [0.05, 0.1) is 5.41 Å². The summed E-state index contributed by atoms with van der Waals surface area (Å²) in [6.45, 7) is 1.98. The van der Waals surface area contributed by atoms with E-state index in [9.17, 15) is 36.6 Å². The molecule has 1 N–H and O–H groups in total. The van der Waals surface area contributed by atoms with Gasteiger partial charge in [0.1, 0.15) is 0 Å². The molecule has 1 aliphatic carbocycles. The van der Waals surface area contributed by atoms with Crippen molar-refractivity contribution >= 4 is 12.1 Å². The molecular formula is C22H27F5N2O4. The molecule has 1 unspecified atom stereocenters. The van der Waals surface area contributed by atoms with Crippen molar-refractivity contribution in [3.05, 3.63) is 34.9 Å². The van der Waals surface area contributed by atoms with E-state index in [1.165, 1.54) is 23.1 Å². The van der Waals surface area contributed by atoms with Gasteiger partial charge in [0, 0.05) is 38.3 Å². The molecule has 0 radical (unpaired) electrons. The van der Waals surface area contributed by atoms with Gasteiger partial charge in [0.25, 0.3) is 6.43 Å². The number of carbonyl (C=O) groups is 2. The molecule has 184 valence electrons. The molecule has 1 saturated heterocycles. The number of alkyl halides is 5. The van der Waals surface area contributed by atoms with Crippen LogP contribution < -0.4 is 0 Å². The summed E-state index contributed by atoms with van der Waals surface area (Å²) < 4.78 is 69.0. The largest absolute Gasteiger partial charge is 0.481 e. The fourth-order valence-electron chi connectivity index (χ4n) is 4.51. The summed E-state index contributed by atoms with van der Waals surface area (Å²) in [7, 11) is 0. The van der Waals surface area contributed by atoms with Crippen molar-refractivity contribution < 1.29 is 41.4 Å². The van der Waals surface area contributed by atoms with Gasteiger partial charge in [-0.1, -0.05) is 25.0 Å². The first-order valence-corrected chi connectivity index (χ1v) is 10.8. The molecule has 0 aromatic heterocycles. The second kappa shape index (κ2) is 9.82. The fourth-order valence-corrected chi connectivity index (χ4v) is 4.51. The summed E-state index contributed by atoms with van der Waals surface area (Å²) in [6, 6.07) is 4.12. The van der Waals surface area contributed by atoms with E-state index < -0.39 is 36.2 Å². The Morgan fingerprint density at radius 1 is 1.12 bits per heavy atom. The molecule has 6 nitrogen and oxygen atoms in total. The van der Waals surface area contributed by atoms with Crippen LogP contribution in [0.3, 0.4) is 0 Å². The van der Waals surface area contributed by atoms with Crippen LogP contribution in [0.4, 0.5) is 26.7 Å². The number of halogens is 5. The fraction of sp³-hybridized carbons (Fsp3) is 0.636. The van der Waals surface area contributed by atoms with Crippen LogP contribution in [-0.2, 0) is 21.5 Å². The highest BCUT2D eigenvalue weighted by Crippen LogP contribution is 2.44. The Balaban J connectivity index is 1.72. The van der Waals surface area contributed by atoms with Gasteiger partial charge in [-0.05, 0) is 37.0 Å². The second-order valence-electron chi connectivity index (χ2n) is 8.64. The Morgan fingerprint density at radius 2 is 1.73 bits per heavy atom. The van der Waals surface area contributed by atoms with Gasteiger partial charge < -0.3 is 14.7 Å². The van der Waals surface area contributed by atoms with Crippen molar-refractivity contribution in [3.8, 4) is 0 Å². The molecule has 1 heterocycles. The van der Waals surface area contributed by atoms with Crippen LogP contribution in [0.25, 0.3) is 0 Å². The van der Waals surface area contributed by atoms with Crippen LogP contribution in [0.1, 0.15) is 55.7 Å². The van der Waals surface area contributed by atoms with E-state index in [2.05, 4.69) is 4.74 Å². The molecule has 1 saturated carbocycles. The molecule has 1 amide bonds. The van der Waals surface area contributed by atoms with Crippen LogP contribution in [0.2, 0.25) is 0 Å². The maximum absolute atomic E-state index is 13.4. The predicted octanol–water partition coefficient (Wildman–Crippen LogP) is 4.73. The van der Waals surface area contributed by atoms with E-state index in [1.807, 2.05) is 4.90 Å². The number of carbonyl (C=O) groups excluding carboxylic acids is 1. The topological polar surface area (TPSA) is 70.1 Å². The molecule has 3 rings (SSSR count). The molecule has 33 heavy (non-hydrogen) atoms. The maximum atomic E-state index is 13.4. The third-order valence-corrected chi connectivity index (χ3v) is 6.53. The zero-order valence-corrected chi connectivity index (χ0v) is 18.2. The lowest BCUT2D eigenvalue weighted by molar-refractivity contribution is -0.200. The van der Waals surface area contributed by atoms with E-state index >= 15 is 0 Å². The average molecular weight is 478 g/mol. The number of benzene rings is 1. The van der Waals surface area contributed by atoms with Crippen LogP contribution in [0, 0.1) is 0 Å². The summed E-state index contributed by atoms with van der Waals surface area (Å²) in [4.78, 5) is 27.3. The molecule has 1 atom stereocenters. The standard InChI is InChI=1S/C22H27F5N2O4/c1-14(22(25,26)27)33-20(32)29-10-8-28(9-11-29)13-16-5-4-15(18(23)24)12-17(16)21(19(30)31)6-2-3-7-21/h4-5,12,14,18H,2-3,6-11,13H2,1H3,(H,30,31). The van der Waals surface area contributed by atoms with Crippen molar-refractivity contribution in [2.24, 2.45) is 0 Å². The second-order valence-corrected chi connectivity index (χ2v) is 8.64. The van der Waals surface area contributed by atoms with Crippen LogP contribution in [-0.4, -0.2) is 65.4 Å². The number of amides is 1. The summed E-state index contributed by atoms with van der Waals surface area (Å²) in [5.41, 5.74) is -0.413. The lowest BCUT2D eigenvalue weighted by atomic mass is 9.76. The molecule has 0 spiro atoms. The number of ether oxygens (including phenoxy) is 1. The number of piperazine rings is 1. The quantitative estimate of drug-likeness (QED) is 0.599. The van der Waals surface area contributed by atoms with E-state index in [4.69, 9.17) is 0 Å². The van der Waals surface area contributed by atoms with Gasteiger partial charge in [0.15, 0.2) is 6.10 Å². The number of hydrogen-bond donors (Lipinski definition) is 1. The highest BCUT2D eigenvalue weighted by atomic mass is 19.4. The number of carboxylic acid groups (broad SMARTS) is 1. The van der Waals surface area contributed by atoms with Gasteiger partial charge in [-0.2, -0.15) is 13.2 Å². The Morgan fingerprint density at radius 3 is 2.24 bits per heavy atom. The minimum Gasteiger partial charge on any atom is -0.481 e. The van der Waals surface area contributed by atoms with Crippen molar-refractivity contribution in [1.82, 2.24) is 9.80 Å². The molecule has 2 fully saturated rings. The lowest BCUT2D eigenvalue weighted by Crippen LogP contribution is -2.50. The van der Waals surface area contributed by atoms with E-state index in [1.54, 1.807) is 0 Å². The van der Waals surface area contributed by atoms with Crippen molar-refractivity contribution in [2.75, 3.05) is 26.2 Å². The van der Waals surface area contributed by atoms with E-state index in [0.717, 1.165) is 6.92 Å². The molecule has 1 aromatic carbocycles. The first-order chi connectivity index (χ1) is 15.4. The Bertz CT molecular complexity index is 863. The minimum absolute atomic E-state index is 0.137. The molecule has 1 aromatic rings. The van der Waals surface area contributed by atoms with Crippen molar-refractivity contribution in [2.45, 2.75) is 63.3 Å². The van der Waals surface area contributed by atoms with Crippen molar-refractivity contribution in [1.29, 1.82) is 0 Å². The molecular weight excluding hydrogens is 451 g/mol. The Hall–Kier alpha value is -2.43. The van der Waals surface area contributed by atoms with Crippen molar-refractivity contribution in [3.63, 3.8) is 0 Å². The molecule has 0 bridgehead atoms. The number of nitrogens with zero attached hydrogens (tertiary/aromatic N) is 2. The van der Waals surface area contributed by atoms with Gasteiger partial charge in [-0.3, -0.25) is 9.69 Å². The van der Waals surface area contributed by atoms with Gasteiger partial charge in [-0.25, -0.2) is 13.6 Å². The van der Waals surface area contributed by atoms with Crippen LogP contribution in [0.15, 0.2) is 18.2 Å². The average Bonchev–Trinajstić information content (AvgIpc) is 3.25. The third kappa shape index (κ3) is 5.56. The van der Waals surface area contributed by atoms with E-state index in [0.29, 0.717) is 49.9 Å². The SMILES string of the molecule is CC(OC(=O)N1CCN(Cc2ccc(C(F)F)cc2C2(C(=O)O)CCCC2)CC1)C(F)(F)F. The summed E-state index contributed by atoms with van der Waals surface area (Å²) in [6.07, 6.45) is -8.48. The molecule has 1 aliphatic heterocycles. The Kier molecular flexibility index (Phi) is 7.50. The molecule has 11 heteroatoms. The smallest absolute Gasteiger partial charge is 0.425 e. The first-order valence-electron chi connectivity index (χ1n) is 10.8. The first kappa shape index (κ1) is 25.2. The predicted molar refractivity (Wildman–Crippen MR) is 108 cm³/mol. The monoisotopic (exact) mass is 478 g/mol. The van der Waals surface area contributed by atoms with Gasteiger partial charge in [0.2, 0.25) is 0 Å². The van der Waals surface area contributed by atoms with E-state index in [-0.39, 0.29) is 25.2 Å². The highest BCUT2D eigenvalue weighted by molar-refractivity contribution is 5.82. The highest BCUT2D eigenvalue weighted by Gasteiger charge is 2.45. The summed E-state index contributed by atoms with van der Waals surface area (Å²) in [5, 5.41) is 9.96. The van der Waals surface area contributed by atoms with Crippen LogP contribution >= 0.6 is 0 Å². The minimum atomic E-state index is -4.64. The summed E-state index contributed by atoms with van der Waals surface area (Å²) >= 11 is 0. The van der Waals surface area contributed by atoms with Crippen LogP contribution in [0.5, 0.6) is 0 Å². The number of hydrogen-bond acceptors (Lipinski definition) is 4. The lowest BCUT2D eigenvalue weighted by Gasteiger charge is -2.36. The number of aliphatic carboxylic acids is 1.